The zero-order valence-corrected chi connectivity index (χ0v) is 13.0. The van der Waals surface area contributed by atoms with Crippen molar-refractivity contribution in [2.24, 2.45) is 0 Å². The van der Waals surface area contributed by atoms with Crippen LogP contribution in [0.4, 0.5) is 5.13 Å². The van der Waals surface area contributed by atoms with Crippen LogP contribution >= 0.6 is 46.3 Å². The number of amides is 1. The highest BCUT2D eigenvalue weighted by atomic mass is 35.5. The van der Waals surface area contributed by atoms with E-state index in [0.29, 0.717) is 20.7 Å². The van der Waals surface area contributed by atoms with Crippen LogP contribution < -0.4 is 5.32 Å². The highest BCUT2D eigenvalue weighted by Crippen LogP contribution is 2.26. The van der Waals surface area contributed by atoms with Crippen molar-refractivity contribution in [2.45, 2.75) is 11.3 Å². The van der Waals surface area contributed by atoms with E-state index < -0.39 is 0 Å². The molecule has 0 saturated heterocycles. The highest BCUT2D eigenvalue weighted by Gasteiger charge is 2.11. The molecule has 1 amide bonds. The Balaban J connectivity index is 2.09. The van der Waals surface area contributed by atoms with Gasteiger partial charge >= 0.3 is 0 Å². The average molecular weight is 334 g/mol. The lowest BCUT2D eigenvalue weighted by atomic mass is 10.2. The maximum absolute atomic E-state index is 12.0. The van der Waals surface area contributed by atoms with E-state index in [-0.39, 0.29) is 5.91 Å². The number of halogens is 2. The van der Waals surface area contributed by atoms with Crippen molar-refractivity contribution in [3.05, 3.63) is 33.8 Å². The van der Waals surface area contributed by atoms with E-state index in [1.807, 2.05) is 6.92 Å². The number of carbonyl (C=O) groups excluding carboxylic acids is 1. The molecule has 0 bridgehead atoms. The van der Waals surface area contributed by atoms with Gasteiger partial charge < -0.3 is 0 Å². The van der Waals surface area contributed by atoms with E-state index in [1.165, 1.54) is 17.4 Å². The van der Waals surface area contributed by atoms with Crippen molar-refractivity contribution in [2.75, 3.05) is 11.1 Å². The van der Waals surface area contributed by atoms with Gasteiger partial charge in [-0.25, -0.2) is 0 Å². The maximum atomic E-state index is 12.0. The third kappa shape index (κ3) is 3.82. The smallest absolute Gasteiger partial charge is 0.257 e. The number of anilines is 1. The summed E-state index contributed by atoms with van der Waals surface area (Å²) in [6.45, 7) is 2.03. The summed E-state index contributed by atoms with van der Waals surface area (Å²) in [5.74, 6) is 0.623. The van der Waals surface area contributed by atoms with Crippen LogP contribution in [0, 0.1) is 0 Å². The molecule has 1 aromatic carbocycles. The van der Waals surface area contributed by atoms with Crippen molar-refractivity contribution in [3.63, 3.8) is 0 Å². The van der Waals surface area contributed by atoms with Crippen molar-refractivity contribution in [1.82, 2.24) is 10.2 Å². The van der Waals surface area contributed by atoms with Crippen LogP contribution in [-0.2, 0) is 0 Å². The summed E-state index contributed by atoms with van der Waals surface area (Å²) in [4.78, 5) is 12.0. The Hall–Kier alpha value is -0.820. The largest absolute Gasteiger partial charge is 0.296 e. The predicted molar refractivity (Wildman–Crippen MR) is 80.7 cm³/mol. The van der Waals surface area contributed by atoms with Crippen molar-refractivity contribution in [1.29, 1.82) is 0 Å². The molecule has 0 unspecified atom stereocenters. The molecule has 0 aliphatic heterocycles. The number of carbonyl (C=O) groups is 1. The fourth-order valence-electron chi connectivity index (χ4n) is 1.25. The number of benzene rings is 1. The number of nitrogens with zero attached hydrogens (tertiary/aromatic N) is 2. The molecule has 1 heterocycles. The van der Waals surface area contributed by atoms with Crippen molar-refractivity contribution >= 4 is 57.3 Å². The number of hydrogen-bond acceptors (Lipinski definition) is 5. The molecule has 1 N–H and O–H groups in total. The Kier molecular flexibility index (Phi) is 5.04. The second kappa shape index (κ2) is 6.56. The average Bonchev–Trinajstić information content (AvgIpc) is 2.80. The topological polar surface area (TPSA) is 54.9 Å². The third-order valence-corrected chi connectivity index (χ3v) is 4.67. The van der Waals surface area contributed by atoms with Crippen molar-refractivity contribution in [3.8, 4) is 0 Å². The van der Waals surface area contributed by atoms with Crippen LogP contribution in [0.1, 0.15) is 17.3 Å². The van der Waals surface area contributed by atoms with Crippen LogP contribution in [0.5, 0.6) is 0 Å². The summed E-state index contributed by atoms with van der Waals surface area (Å²) >= 11 is 14.6. The lowest BCUT2D eigenvalue weighted by Gasteiger charge is -2.02. The highest BCUT2D eigenvalue weighted by molar-refractivity contribution is 8.01. The second-order valence-electron chi connectivity index (χ2n) is 3.39. The quantitative estimate of drug-likeness (QED) is 0.672. The predicted octanol–water partition coefficient (Wildman–Crippen LogP) is 4.21. The first-order valence-electron chi connectivity index (χ1n) is 5.33. The summed E-state index contributed by atoms with van der Waals surface area (Å²) in [5, 5.41) is 11.7. The standard InChI is InChI=1S/C11H9Cl2N3OS2/c1-2-18-11-16-15-10(19-11)14-9(17)6-3-4-7(12)8(13)5-6/h3-5H,2H2,1H3,(H,14,15,17). The van der Waals surface area contributed by atoms with Gasteiger partial charge in [-0.2, -0.15) is 0 Å². The van der Waals surface area contributed by atoms with Gasteiger partial charge in [0.05, 0.1) is 10.0 Å². The molecule has 0 atom stereocenters. The molecule has 0 fully saturated rings. The van der Waals surface area contributed by atoms with E-state index >= 15 is 0 Å². The van der Waals surface area contributed by atoms with Crippen LogP contribution in [0.3, 0.4) is 0 Å². The summed E-state index contributed by atoms with van der Waals surface area (Å²) in [6.07, 6.45) is 0. The monoisotopic (exact) mass is 333 g/mol. The lowest BCUT2D eigenvalue weighted by Crippen LogP contribution is -2.11. The molecule has 4 nitrogen and oxygen atoms in total. The normalized spacial score (nSPS) is 10.5. The molecule has 8 heteroatoms. The van der Waals surface area contributed by atoms with Gasteiger partial charge in [0, 0.05) is 5.56 Å². The van der Waals surface area contributed by atoms with Gasteiger partial charge in [0.2, 0.25) is 5.13 Å². The fraction of sp³-hybridized carbons (Fsp3) is 0.182. The number of hydrogen-bond donors (Lipinski definition) is 1. The molecule has 0 saturated carbocycles. The molecule has 19 heavy (non-hydrogen) atoms. The molecular formula is C11H9Cl2N3OS2. The lowest BCUT2D eigenvalue weighted by molar-refractivity contribution is 0.102. The molecular weight excluding hydrogens is 325 g/mol. The Morgan fingerprint density at radius 1 is 1.37 bits per heavy atom. The molecule has 0 aliphatic carbocycles. The molecule has 100 valence electrons. The number of nitrogens with one attached hydrogen (secondary N) is 1. The van der Waals surface area contributed by atoms with Gasteiger partial charge in [-0.05, 0) is 24.0 Å². The van der Waals surface area contributed by atoms with E-state index in [2.05, 4.69) is 15.5 Å². The minimum Gasteiger partial charge on any atom is -0.296 e. The number of thioether (sulfide) groups is 1. The van der Waals surface area contributed by atoms with Gasteiger partial charge in [-0.1, -0.05) is 53.2 Å². The van der Waals surface area contributed by atoms with Gasteiger partial charge in [-0.15, -0.1) is 10.2 Å². The van der Waals surface area contributed by atoms with Crippen LogP contribution in [0.2, 0.25) is 10.0 Å². The summed E-state index contributed by atoms with van der Waals surface area (Å²) in [5.41, 5.74) is 0.425. The van der Waals surface area contributed by atoms with Crippen LogP contribution in [0.15, 0.2) is 22.5 Å². The molecule has 2 rings (SSSR count). The Morgan fingerprint density at radius 2 is 2.16 bits per heavy atom. The molecule has 1 aromatic heterocycles. The van der Waals surface area contributed by atoms with Gasteiger partial charge in [0.25, 0.3) is 5.91 Å². The SMILES string of the molecule is CCSc1nnc(NC(=O)c2ccc(Cl)c(Cl)c2)s1. The zero-order chi connectivity index (χ0) is 13.8. The first-order valence-corrected chi connectivity index (χ1v) is 7.88. The fourth-order valence-corrected chi connectivity index (χ4v) is 3.19. The summed E-state index contributed by atoms with van der Waals surface area (Å²) in [6, 6.07) is 4.70. The van der Waals surface area contributed by atoms with E-state index in [9.17, 15) is 4.79 Å². The zero-order valence-electron chi connectivity index (χ0n) is 9.81. The Morgan fingerprint density at radius 3 is 2.84 bits per heavy atom. The van der Waals surface area contributed by atoms with E-state index in [4.69, 9.17) is 23.2 Å². The number of aromatic nitrogens is 2. The van der Waals surface area contributed by atoms with E-state index in [0.717, 1.165) is 10.1 Å². The molecule has 0 radical (unpaired) electrons. The number of rotatable bonds is 4. The third-order valence-electron chi connectivity index (χ3n) is 2.08. The summed E-state index contributed by atoms with van der Waals surface area (Å²) in [7, 11) is 0. The minimum atomic E-state index is -0.289. The maximum Gasteiger partial charge on any atom is 0.257 e. The Bertz CT molecular complexity index is 603. The second-order valence-corrected chi connectivity index (χ2v) is 6.69. The molecule has 0 aliphatic rings. The molecule has 2 aromatic rings. The molecule has 0 spiro atoms. The van der Waals surface area contributed by atoms with Gasteiger partial charge in [0.1, 0.15) is 0 Å². The Labute approximate surface area is 128 Å². The summed E-state index contributed by atoms with van der Waals surface area (Å²) < 4.78 is 0.826. The van der Waals surface area contributed by atoms with Gasteiger partial charge in [-0.3, -0.25) is 10.1 Å². The van der Waals surface area contributed by atoms with Gasteiger partial charge in [0.15, 0.2) is 4.34 Å². The minimum absolute atomic E-state index is 0.289. The first kappa shape index (κ1) is 14.6. The first-order chi connectivity index (χ1) is 9.10. The van der Waals surface area contributed by atoms with Crippen LogP contribution in [-0.4, -0.2) is 21.9 Å². The van der Waals surface area contributed by atoms with Crippen molar-refractivity contribution < 1.29 is 4.79 Å². The van der Waals surface area contributed by atoms with Crippen LogP contribution in [0.25, 0.3) is 0 Å². The van der Waals surface area contributed by atoms with E-state index in [1.54, 1.807) is 23.9 Å².